The third kappa shape index (κ3) is 3.35. The van der Waals surface area contributed by atoms with E-state index >= 15 is 0 Å². The first kappa shape index (κ1) is 13.6. The standard InChI is InChI=1S/C15H20BrNO/c1-11(2)17(10-13-3-4-13)15(18)14-7-5-12(9-16)6-8-14/h5-8,11,13H,3-4,9-10H2,1-2H3. The van der Waals surface area contributed by atoms with E-state index in [1.807, 2.05) is 29.2 Å². The molecule has 2 nitrogen and oxygen atoms in total. The molecule has 1 saturated carbocycles. The topological polar surface area (TPSA) is 20.3 Å². The Bertz CT molecular complexity index is 409. The summed E-state index contributed by atoms with van der Waals surface area (Å²) < 4.78 is 0. The Kier molecular flexibility index (Phi) is 4.44. The number of amides is 1. The van der Waals surface area contributed by atoms with Crippen molar-refractivity contribution in [3.05, 3.63) is 35.4 Å². The van der Waals surface area contributed by atoms with E-state index < -0.39 is 0 Å². The van der Waals surface area contributed by atoms with Gasteiger partial charge in [0.05, 0.1) is 0 Å². The maximum absolute atomic E-state index is 12.5. The van der Waals surface area contributed by atoms with E-state index in [4.69, 9.17) is 0 Å². The Balaban J connectivity index is 2.10. The highest BCUT2D eigenvalue weighted by molar-refractivity contribution is 9.08. The van der Waals surface area contributed by atoms with Gasteiger partial charge in [-0.3, -0.25) is 4.79 Å². The van der Waals surface area contributed by atoms with Crippen molar-refractivity contribution in [2.24, 2.45) is 5.92 Å². The molecular formula is C15H20BrNO. The van der Waals surface area contributed by atoms with Gasteiger partial charge in [-0.1, -0.05) is 28.1 Å². The summed E-state index contributed by atoms with van der Waals surface area (Å²) in [7, 11) is 0. The van der Waals surface area contributed by atoms with Crippen LogP contribution in [0.1, 0.15) is 42.6 Å². The molecular weight excluding hydrogens is 290 g/mol. The molecule has 0 bridgehead atoms. The number of carbonyl (C=O) groups is 1. The summed E-state index contributed by atoms with van der Waals surface area (Å²) in [5, 5.41) is 0.831. The molecule has 0 N–H and O–H groups in total. The van der Waals surface area contributed by atoms with Gasteiger partial charge in [-0.2, -0.15) is 0 Å². The molecule has 0 saturated heterocycles. The highest BCUT2D eigenvalue weighted by Crippen LogP contribution is 2.30. The summed E-state index contributed by atoms with van der Waals surface area (Å²) in [6.07, 6.45) is 2.55. The average Bonchev–Trinajstić information content (AvgIpc) is 3.19. The van der Waals surface area contributed by atoms with Crippen LogP contribution in [0.25, 0.3) is 0 Å². The summed E-state index contributed by atoms with van der Waals surface area (Å²) in [6, 6.07) is 8.16. The third-order valence-corrected chi connectivity index (χ3v) is 4.04. The summed E-state index contributed by atoms with van der Waals surface area (Å²) >= 11 is 3.42. The van der Waals surface area contributed by atoms with Crippen molar-refractivity contribution in [3.63, 3.8) is 0 Å². The van der Waals surface area contributed by atoms with Gasteiger partial charge in [0.25, 0.3) is 5.91 Å². The molecule has 0 aliphatic heterocycles. The number of hydrogen-bond donors (Lipinski definition) is 0. The minimum absolute atomic E-state index is 0.165. The largest absolute Gasteiger partial charge is 0.336 e. The third-order valence-electron chi connectivity index (χ3n) is 3.39. The fourth-order valence-corrected chi connectivity index (χ4v) is 2.38. The molecule has 0 aromatic heterocycles. The van der Waals surface area contributed by atoms with Gasteiger partial charge in [-0.25, -0.2) is 0 Å². The smallest absolute Gasteiger partial charge is 0.254 e. The first-order chi connectivity index (χ1) is 8.61. The van der Waals surface area contributed by atoms with E-state index in [0.29, 0.717) is 0 Å². The van der Waals surface area contributed by atoms with E-state index in [-0.39, 0.29) is 11.9 Å². The van der Waals surface area contributed by atoms with Gasteiger partial charge in [0.2, 0.25) is 0 Å². The maximum Gasteiger partial charge on any atom is 0.254 e. The van der Waals surface area contributed by atoms with Gasteiger partial charge in [0, 0.05) is 23.5 Å². The van der Waals surface area contributed by atoms with Crippen LogP contribution in [0.4, 0.5) is 0 Å². The number of halogens is 1. The van der Waals surface area contributed by atoms with Gasteiger partial charge in [0.15, 0.2) is 0 Å². The van der Waals surface area contributed by atoms with E-state index in [2.05, 4.69) is 29.8 Å². The molecule has 0 heterocycles. The molecule has 2 rings (SSSR count). The number of rotatable bonds is 5. The van der Waals surface area contributed by atoms with Crippen molar-refractivity contribution in [3.8, 4) is 0 Å². The highest BCUT2D eigenvalue weighted by atomic mass is 79.9. The van der Waals surface area contributed by atoms with E-state index in [0.717, 1.165) is 23.4 Å². The van der Waals surface area contributed by atoms with Crippen molar-refractivity contribution < 1.29 is 4.79 Å². The molecule has 1 amide bonds. The average molecular weight is 310 g/mol. The number of alkyl halides is 1. The molecule has 1 fully saturated rings. The molecule has 1 aromatic rings. The fraction of sp³-hybridized carbons (Fsp3) is 0.533. The monoisotopic (exact) mass is 309 g/mol. The van der Waals surface area contributed by atoms with Gasteiger partial charge >= 0.3 is 0 Å². The number of benzene rings is 1. The predicted octanol–water partition coefficient (Wildman–Crippen LogP) is 3.84. The van der Waals surface area contributed by atoms with E-state index in [1.165, 1.54) is 18.4 Å². The van der Waals surface area contributed by atoms with Crippen LogP contribution in [0.2, 0.25) is 0 Å². The van der Waals surface area contributed by atoms with Crippen molar-refractivity contribution in [1.29, 1.82) is 0 Å². The molecule has 3 heteroatoms. The molecule has 0 unspecified atom stereocenters. The maximum atomic E-state index is 12.5. The molecule has 0 atom stereocenters. The van der Waals surface area contributed by atoms with Gasteiger partial charge in [-0.05, 0) is 50.3 Å². The normalized spacial score (nSPS) is 14.9. The first-order valence-electron chi connectivity index (χ1n) is 6.57. The SMILES string of the molecule is CC(C)N(CC1CC1)C(=O)c1ccc(CBr)cc1. The Hall–Kier alpha value is -0.830. The number of hydrogen-bond acceptors (Lipinski definition) is 1. The van der Waals surface area contributed by atoms with Crippen LogP contribution in [0.3, 0.4) is 0 Å². The second kappa shape index (κ2) is 5.87. The van der Waals surface area contributed by atoms with Crippen molar-refractivity contribution in [1.82, 2.24) is 4.90 Å². The fourth-order valence-electron chi connectivity index (χ4n) is 2.01. The lowest BCUT2D eigenvalue weighted by molar-refractivity contribution is 0.0696. The van der Waals surface area contributed by atoms with Crippen LogP contribution in [-0.2, 0) is 5.33 Å². The molecule has 98 valence electrons. The van der Waals surface area contributed by atoms with Gasteiger partial charge in [0.1, 0.15) is 0 Å². The minimum Gasteiger partial charge on any atom is -0.336 e. The van der Waals surface area contributed by atoms with Crippen LogP contribution < -0.4 is 0 Å². The summed E-state index contributed by atoms with van der Waals surface area (Å²) in [4.78, 5) is 14.5. The molecule has 0 radical (unpaired) electrons. The van der Waals surface area contributed by atoms with Crippen LogP contribution >= 0.6 is 15.9 Å². The Morgan fingerprint density at radius 1 is 1.33 bits per heavy atom. The van der Waals surface area contributed by atoms with E-state index in [1.54, 1.807) is 0 Å². The Labute approximate surface area is 117 Å². The molecule has 1 aliphatic rings. The van der Waals surface area contributed by atoms with Crippen molar-refractivity contribution >= 4 is 21.8 Å². The first-order valence-corrected chi connectivity index (χ1v) is 7.70. The second-order valence-corrected chi connectivity index (χ2v) is 5.89. The minimum atomic E-state index is 0.165. The lowest BCUT2D eigenvalue weighted by atomic mass is 10.1. The lowest BCUT2D eigenvalue weighted by Crippen LogP contribution is -2.38. The molecule has 1 aromatic carbocycles. The zero-order valence-corrected chi connectivity index (χ0v) is 12.6. The zero-order valence-electron chi connectivity index (χ0n) is 11.0. The van der Waals surface area contributed by atoms with Crippen LogP contribution in [0, 0.1) is 5.92 Å². The van der Waals surface area contributed by atoms with Crippen molar-refractivity contribution in [2.45, 2.75) is 38.1 Å². The predicted molar refractivity (Wildman–Crippen MR) is 78.0 cm³/mol. The van der Waals surface area contributed by atoms with Crippen molar-refractivity contribution in [2.75, 3.05) is 6.54 Å². The molecule has 1 aliphatic carbocycles. The quantitative estimate of drug-likeness (QED) is 0.757. The Morgan fingerprint density at radius 3 is 2.39 bits per heavy atom. The number of carbonyl (C=O) groups excluding carboxylic acids is 1. The lowest BCUT2D eigenvalue weighted by Gasteiger charge is -2.27. The molecule has 0 spiro atoms. The second-order valence-electron chi connectivity index (χ2n) is 5.33. The Morgan fingerprint density at radius 2 is 1.94 bits per heavy atom. The summed E-state index contributed by atoms with van der Waals surface area (Å²) in [5.41, 5.74) is 2.00. The van der Waals surface area contributed by atoms with Crippen LogP contribution in [0.5, 0.6) is 0 Å². The summed E-state index contributed by atoms with van der Waals surface area (Å²) in [5.74, 6) is 0.899. The van der Waals surface area contributed by atoms with E-state index in [9.17, 15) is 4.79 Å². The zero-order chi connectivity index (χ0) is 13.1. The highest BCUT2D eigenvalue weighted by Gasteiger charge is 2.28. The molecule has 18 heavy (non-hydrogen) atoms. The van der Waals surface area contributed by atoms with Crippen LogP contribution in [-0.4, -0.2) is 23.4 Å². The van der Waals surface area contributed by atoms with Gasteiger partial charge in [-0.15, -0.1) is 0 Å². The van der Waals surface area contributed by atoms with Crippen LogP contribution in [0.15, 0.2) is 24.3 Å². The van der Waals surface area contributed by atoms with Gasteiger partial charge < -0.3 is 4.90 Å². The number of nitrogens with zero attached hydrogens (tertiary/aromatic N) is 1. The summed E-state index contributed by atoms with van der Waals surface area (Å²) in [6.45, 7) is 5.09.